The summed E-state index contributed by atoms with van der Waals surface area (Å²) in [6.07, 6.45) is 0. The summed E-state index contributed by atoms with van der Waals surface area (Å²) in [5.74, 6) is 0.0647. The fourth-order valence-corrected chi connectivity index (χ4v) is 3.36. The van der Waals surface area contributed by atoms with E-state index in [2.05, 4.69) is 10.2 Å². The fourth-order valence-electron chi connectivity index (χ4n) is 3.03. The Morgan fingerprint density at radius 3 is 2.40 bits per heavy atom. The number of carbonyl (C=O) groups is 1. The van der Waals surface area contributed by atoms with Gasteiger partial charge in [-0.1, -0.05) is 41.4 Å². The van der Waals surface area contributed by atoms with Crippen LogP contribution in [-0.2, 0) is 11.3 Å². The maximum absolute atomic E-state index is 12.2. The van der Waals surface area contributed by atoms with Crippen LogP contribution >= 0.6 is 23.2 Å². The number of rotatable bonds is 5. The third-order valence-electron chi connectivity index (χ3n) is 4.51. The van der Waals surface area contributed by atoms with Crippen molar-refractivity contribution in [1.82, 2.24) is 5.32 Å². The van der Waals surface area contributed by atoms with Crippen molar-refractivity contribution in [2.24, 2.45) is 0 Å². The van der Waals surface area contributed by atoms with Gasteiger partial charge in [-0.15, -0.1) is 0 Å². The quantitative estimate of drug-likeness (QED) is 0.834. The number of carbonyl (C=O) groups excluding carboxylic acids is 1. The molecule has 2 aromatic rings. The van der Waals surface area contributed by atoms with Gasteiger partial charge in [-0.25, -0.2) is 0 Å². The molecule has 2 aromatic carbocycles. The maximum atomic E-state index is 12.2. The van der Waals surface area contributed by atoms with E-state index in [0.717, 1.165) is 36.8 Å². The number of hydrogen-bond acceptors (Lipinski definition) is 2. The number of halogens is 2. The van der Waals surface area contributed by atoms with Gasteiger partial charge in [0.15, 0.2) is 6.54 Å². The van der Waals surface area contributed by atoms with Gasteiger partial charge in [0, 0.05) is 22.3 Å². The van der Waals surface area contributed by atoms with E-state index in [1.54, 1.807) is 0 Å². The number of hydrogen-bond donors (Lipinski definition) is 2. The van der Waals surface area contributed by atoms with Crippen LogP contribution in [0.25, 0.3) is 0 Å². The van der Waals surface area contributed by atoms with Crippen LogP contribution in [0, 0.1) is 0 Å². The molecular weight excluding hydrogens is 357 g/mol. The number of benzene rings is 2. The lowest BCUT2D eigenvalue weighted by atomic mass is 10.2. The molecule has 1 amide bonds. The Labute approximate surface area is 158 Å². The van der Waals surface area contributed by atoms with Crippen LogP contribution in [0.5, 0.6) is 0 Å². The Bertz CT molecular complexity index is 713. The Morgan fingerprint density at radius 1 is 1.04 bits per heavy atom. The van der Waals surface area contributed by atoms with Crippen LogP contribution in [0.4, 0.5) is 5.69 Å². The van der Waals surface area contributed by atoms with Crippen molar-refractivity contribution < 1.29 is 9.69 Å². The standard InChI is InChI=1S/C19H21Cl2N3O/c20-16-5-7-17(8-6-16)24-11-9-23(10-12-24)14-19(25)22-13-15-3-1-2-4-18(15)21/h1-8H,9-14H2,(H,22,25)/p+1. The van der Waals surface area contributed by atoms with E-state index < -0.39 is 0 Å². The highest BCUT2D eigenvalue weighted by atomic mass is 35.5. The smallest absolute Gasteiger partial charge is 0.275 e. The van der Waals surface area contributed by atoms with Crippen molar-refractivity contribution in [2.75, 3.05) is 37.6 Å². The second-order valence-corrected chi connectivity index (χ2v) is 7.10. The van der Waals surface area contributed by atoms with Gasteiger partial charge in [0.1, 0.15) is 0 Å². The number of amides is 1. The molecule has 1 saturated heterocycles. The van der Waals surface area contributed by atoms with Crippen LogP contribution in [0.2, 0.25) is 10.0 Å². The van der Waals surface area contributed by atoms with Gasteiger partial charge in [0.2, 0.25) is 0 Å². The molecule has 0 bridgehead atoms. The number of nitrogens with zero attached hydrogens (tertiary/aromatic N) is 1. The normalized spacial score (nSPS) is 15.2. The largest absolute Gasteiger partial charge is 0.360 e. The van der Waals surface area contributed by atoms with Crippen LogP contribution in [-0.4, -0.2) is 38.6 Å². The van der Waals surface area contributed by atoms with Gasteiger partial charge in [-0.2, -0.15) is 0 Å². The first-order valence-corrected chi connectivity index (χ1v) is 9.21. The molecule has 0 radical (unpaired) electrons. The molecule has 0 spiro atoms. The van der Waals surface area contributed by atoms with Gasteiger partial charge < -0.3 is 15.1 Å². The Hall–Kier alpha value is -1.75. The highest BCUT2D eigenvalue weighted by Gasteiger charge is 2.22. The predicted molar refractivity (Wildman–Crippen MR) is 103 cm³/mol. The topological polar surface area (TPSA) is 36.8 Å². The average Bonchev–Trinajstić information content (AvgIpc) is 2.62. The van der Waals surface area contributed by atoms with Gasteiger partial charge in [0.05, 0.1) is 26.2 Å². The van der Waals surface area contributed by atoms with E-state index in [1.165, 1.54) is 10.6 Å². The zero-order chi connectivity index (χ0) is 17.6. The van der Waals surface area contributed by atoms with E-state index in [9.17, 15) is 4.79 Å². The number of nitrogens with one attached hydrogen (secondary N) is 2. The summed E-state index contributed by atoms with van der Waals surface area (Å²) in [5.41, 5.74) is 2.13. The number of anilines is 1. The Morgan fingerprint density at radius 2 is 1.72 bits per heavy atom. The van der Waals surface area contributed by atoms with Gasteiger partial charge in [-0.05, 0) is 35.9 Å². The monoisotopic (exact) mass is 378 g/mol. The summed E-state index contributed by atoms with van der Waals surface area (Å²) in [5, 5.41) is 4.40. The molecule has 0 aromatic heterocycles. The van der Waals surface area contributed by atoms with Crippen molar-refractivity contribution in [1.29, 1.82) is 0 Å². The SMILES string of the molecule is O=C(C[NH+]1CCN(c2ccc(Cl)cc2)CC1)NCc1ccccc1Cl. The average molecular weight is 379 g/mol. The van der Waals surface area contributed by atoms with E-state index >= 15 is 0 Å². The first-order valence-electron chi connectivity index (χ1n) is 8.46. The zero-order valence-corrected chi connectivity index (χ0v) is 15.5. The lowest BCUT2D eigenvalue weighted by Crippen LogP contribution is -3.15. The van der Waals surface area contributed by atoms with Gasteiger partial charge >= 0.3 is 0 Å². The zero-order valence-electron chi connectivity index (χ0n) is 14.0. The molecule has 2 N–H and O–H groups in total. The lowest BCUT2D eigenvalue weighted by molar-refractivity contribution is -0.892. The highest BCUT2D eigenvalue weighted by Crippen LogP contribution is 2.17. The third kappa shape index (κ3) is 5.11. The molecule has 132 valence electrons. The minimum absolute atomic E-state index is 0.0647. The number of piperazine rings is 1. The molecule has 25 heavy (non-hydrogen) atoms. The van der Waals surface area contributed by atoms with Gasteiger partial charge in [0.25, 0.3) is 5.91 Å². The highest BCUT2D eigenvalue weighted by molar-refractivity contribution is 6.31. The molecule has 1 aliphatic heterocycles. The molecular formula is C19H22Cl2N3O+. The first-order chi connectivity index (χ1) is 12.1. The molecule has 0 unspecified atom stereocenters. The first kappa shape index (κ1) is 18.1. The Kier molecular flexibility index (Phi) is 6.19. The minimum Gasteiger partial charge on any atom is -0.360 e. The summed E-state index contributed by atoms with van der Waals surface area (Å²) in [6, 6.07) is 15.5. The summed E-state index contributed by atoms with van der Waals surface area (Å²) in [6.45, 7) is 4.75. The summed E-state index contributed by atoms with van der Waals surface area (Å²) < 4.78 is 0. The number of quaternary nitrogens is 1. The Balaban J connectivity index is 1.43. The molecule has 0 atom stereocenters. The summed E-state index contributed by atoms with van der Waals surface area (Å²) in [4.78, 5) is 15.8. The minimum atomic E-state index is 0.0647. The molecule has 1 aliphatic rings. The van der Waals surface area contributed by atoms with Crippen LogP contribution in [0.1, 0.15) is 5.56 Å². The van der Waals surface area contributed by atoms with Crippen molar-refractivity contribution in [3.8, 4) is 0 Å². The molecule has 1 fully saturated rings. The molecule has 4 nitrogen and oxygen atoms in total. The fraction of sp³-hybridized carbons (Fsp3) is 0.316. The van der Waals surface area contributed by atoms with E-state index in [0.29, 0.717) is 18.1 Å². The third-order valence-corrected chi connectivity index (χ3v) is 5.13. The van der Waals surface area contributed by atoms with Crippen molar-refractivity contribution >= 4 is 34.8 Å². The van der Waals surface area contributed by atoms with Crippen LogP contribution in [0.3, 0.4) is 0 Å². The van der Waals surface area contributed by atoms with E-state index in [1.807, 2.05) is 48.5 Å². The van der Waals surface area contributed by atoms with Gasteiger partial charge in [-0.3, -0.25) is 4.79 Å². The second kappa shape index (κ2) is 8.56. The molecule has 0 aliphatic carbocycles. The van der Waals surface area contributed by atoms with Crippen molar-refractivity contribution in [2.45, 2.75) is 6.54 Å². The van der Waals surface area contributed by atoms with Crippen molar-refractivity contribution in [3.05, 3.63) is 64.1 Å². The van der Waals surface area contributed by atoms with E-state index in [-0.39, 0.29) is 5.91 Å². The molecule has 6 heteroatoms. The molecule has 0 saturated carbocycles. The van der Waals surface area contributed by atoms with Crippen LogP contribution < -0.4 is 15.1 Å². The maximum Gasteiger partial charge on any atom is 0.275 e. The summed E-state index contributed by atoms with van der Waals surface area (Å²) in [7, 11) is 0. The predicted octanol–water partition coefficient (Wildman–Crippen LogP) is 2.01. The molecule has 3 rings (SSSR count). The van der Waals surface area contributed by atoms with E-state index in [4.69, 9.17) is 23.2 Å². The molecule has 1 heterocycles. The lowest BCUT2D eigenvalue weighted by Gasteiger charge is -2.33. The summed E-state index contributed by atoms with van der Waals surface area (Å²) >= 11 is 12.1. The van der Waals surface area contributed by atoms with Crippen molar-refractivity contribution in [3.63, 3.8) is 0 Å². The van der Waals surface area contributed by atoms with Crippen LogP contribution in [0.15, 0.2) is 48.5 Å². The second-order valence-electron chi connectivity index (χ2n) is 6.26.